The quantitative estimate of drug-likeness (QED) is 0.501. The van der Waals surface area contributed by atoms with Gasteiger partial charge in [-0.1, -0.05) is 54.6 Å². The van der Waals surface area contributed by atoms with E-state index in [2.05, 4.69) is 27.9 Å². The highest BCUT2D eigenvalue weighted by molar-refractivity contribution is 14.1. The molecule has 0 spiro atoms. The molecule has 152 valence electrons. The van der Waals surface area contributed by atoms with Crippen LogP contribution in [-0.2, 0) is 29.1 Å². The van der Waals surface area contributed by atoms with Crippen LogP contribution in [0.15, 0.2) is 78.9 Å². The Bertz CT molecular complexity index is 1040. The van der Waals surface area contributed by atoms with E-state index in [4.69, 9.17) is 4.74 Å². The summed E-state index contributed by atoms with van der Waals surface area (Å²) >= 11 is 2.22. The molecule has 0 aromatic heterocycles. The fraction of sp³-hybridized carbons (Fsp3) is 0.167. The van der Waals surface area contributed by atoms with Crippen LogP contribution in [-0.4, -0.2) is 22.9 Å². The van der Waals surface area contributed by atoms with Gasteiger partial charge in [0.25, 0.3) is 0 Å². The Morgan fingerprint density at radius 2 is 1.60 bits per heavy atom. The molecule has 1 aliphatic heterocycles. The lowest BCUT2D eigenvalue weighted by molar-refractivity contribution is -0.121. The van der Waals surface area contributed by atoms with Crippen molar-refractivity contribution in [2.24, 2.45) is 0 Å². The van der Waals surface area contributed by atoms with Crippen LogP contribution in [0.3, 0.4) is 0 Å². The monoisotopic (exact) mass is 512 g/mol. The van der Waals surface area contributed by atoms with Crippen molar-refractivity contribution in [3.63, 3.8) is 0 Å². The van der Waals surface area contributed by atoms with Crippen molar-refractivity contribution in [1.82, 2.24) is 4.90 Å². The number of nitrogens with zero attached hydrogens (tertiary/aromatic N) is 1. The number of nitrogens with one attached hydrogen (secondary N) is 1. The van der Waals surface area contributed by atoms with Gasteiger partial charge in [0.2, 0.25) is 5.91 Å². The van der Waals surface area contributed by atoms with Crippen LogP contribution < -0.4 is 5.32 Å². The normalized spacial score (nSPS) is 15.2. The van der Waals surface area contributed by atoms with Crippen molar-refractivity contribution in [3.05, 3.63) is 99.1 Å². The molecule has 3 aromatic carbocycles. The molecule has 6 heteroatoms. The van der Waals surface area contributed by atoms with Gasteiger partial charge in [-0.05, 0) is 63.5 Å². The Hall–Kier alpha value is -2.87. The number of halogens is 1. The van der Waals surface area contributed by atoms with Gasteiger partial charge >= 0.3 is 6.09 Å². The molecule has 0 aliphatic carbocycles. The van der Waals surface area contributed by atoms with Crippen molar-refractivity contribution in [3.8, 4) is 0 Å². The number of amides is 2. The summed E-state index contributed by atoms with van der Waals surface area (Å²) in [5.74, 6) is -0.220. The first-order valence-corrected chi connectivity index (χ1v) is 10.8. The molecule has 0 unspecified atom stereocenters. The number of anilines is 1. The van der Waals surface area contributed by atoms with E-state index >= 15 is 0 Å². The summed E-state index contributed by atoms with van der Waals surface area (Å²) in [6, 6.07) is 24.3. The standard InChI is InChI=1S/C24H21IN2O3/c25-20-10-12-21(13-11-20)26-23(28)22-14-18-8-4-5-9-19(18)15-27(22)24(29)30-16-17-6-2-1-3-7-17/h1-13,22H,14-16H2,(H,26,28)/t22-/m1/s1. The summed E-state index contributed by atoms with van der Waals surface area (Å²) in [6.45, 7) is 0.512. The predicted octanol–water partition coefficient (Wildman–Crippen LogP) is 4.99. The van der Waals surface area contributed by atoms with Crippen LogP contribution in [0, 0.1) is 3.57 Å². The SMILES string of the molecule is O=C(Nc1ccc(I)cc1)[C@H]1Cc2ccccc2CN1C(=O)OCc1ccccc1. The first kappa shape index (κ1) is 20.4. The van der Waals surface area contributed by atoms with Crippen LogP contribution in [0.4, 0.5) is 10.5 Å². The molecule has 3 aromatic rings. The van der Waals surface area contributed by atoms with Crippen LogP contribution in [0.5, 0.6) is 0 Å². The second kappa shape index (κ2) is 9.30. The van der Waals surface area contributed by atoms with E-state index in [1.165, 1.54) is 4.90 Å². The number of carbonyl (C=O) groups excluding carboxylic acids is 2. The molecule has 2 amide bonds. The molecule has 0 saturated heterocycles. The topological polar surface area (TPSA) is 58.6 Å². The largest absolute Gasteiger partial charge is 0.445 e. The summed E-state index contributed by atoms with van der Waals surface area (Å²) in [7, 11) is 0. The van der Waals surface area contributed by atoms with Gasteiger partial charge in [0, 0.05) is 15.7 Å². The predicted molar refractivity (Wildman–Crippen MR) is 124 cm³/mol. The molecule has 0 fully saturated rings. The van der Waals surface area contributed by atoms with Crippen molar-refractivity contribution in [2.75, 3.05) is 5.32 Å². The van der Waals surface area contributed by atoms with E-state index < -0.39 is 12.1 Å². The van der Waals surface area contributed by atoms with Crippen LogP contribution >= 0.6 is 22.6 Å². The summed E-state index contributed by atoms with van der Waals surface area (Å²) in [5, 5.41) is 2.94. The van der Waals surface area contributed by atoms with Gasteiger partial charge in [0.1, 0.15) is 12.6 Å². The number of benzene rings is 3. The number of ether oxygens (including phenoxy) is 1. The maximum Gasteiger partial charge on any atom is 0.411 e. The minimum absolute atomic E-state index is 0.170. The lowest BCUT2D eigenvalue weighted by Crippen LogP contribution is -2.50. The van der Waals surface area contributed by atoms with Gasteiger partial charge in [-0.2, -0.15) is 0 Å². The summed E-state index contributed by atoms with van der Waals surface area (Å²) < 4.78 is 6.62. The van der Waals surface area contributed by atoms with Gasteiger partial charge in [-0.3, -0.25) is 9.69 Å². The summed E-state index contributed by atoms with van der Waals surface area (Å²) in [4.78, 5) is 27.5. The number of hydrogen-bond donors (Lipinski definition) is 1. The zero-order chi connectivity index (χ0) is 20.9. The molecule has 0 radical (unpaired) electrons. The average molecular weight is 512 g/mol. The van der Waals surface area contributed by atoms with Crippen molar-refractivity contribution in [2.45, 2.75) is 25.6 Å². The molecule has 1 aliphatic rings. The number of fused-ring (bicyclic) bond motifs is 1. The maximum absolute atomic E-state index is 13.1. The molecule has 5 nitrogen and oxygen atoms in total. The van der Waals surface area contributed by atoms with Gasteiger partial charge in [0.15, 0.2) is 0 Å². The average Bonchev–Trinajstić information content (AvgIpc) is 2.78. The minimum Gasteiger partial charge on any atom is -0.445 e. The Balaban J connectivity index is 1.52. The minimum atomic E-state index is -0.637. The molecule has 0 saturated carbocycles. The second-order valence-corrected chi connectivity index (χ2v) is 8.40. The highest BCUT2D eigenvalue weighted by Crippen LogP contribution is 2.25. The fourth-order valence-electron chi connectivity index (χ4n) is 3.51. The molecule has 0 bridgehead atoms. The Labute approximate surface area is 189 Å². The summed E-state index contributed by atoms with van der Waals surface area (Å²) in [5.41, 5.74) is 3.72. The lowest BCUT2D eigenvalue weighted by Gasteiger charge is -2.35. The third kappa shape index (κ3) is 4.81. The first-order chi connectivity index (χ1) is 14.6. The molecule has 1 atom stereocenters. The van der Waals surface area contributed by atoms with E-state index in [9.17, 15) is 9.59 Å². The fourth-order valence-corrected chi connectivity index (χ4v) is 3.87. The molecule has 30 heavy (non-hydrogen) atoms. The van der Waals surface area contributed by atoms with E-state index in [1.807, 2.05) is 78.9 Å². The first-order valence-electron chi connectivity index (χ1n) is 9.71. The van der Waals surface area contributed by atoms with E-state index in [0.29, 0.717) is 18.7 Å². The molecular formula is C24H21IN2O3. The Kier molecular flexibility index (Phi) is 6.32. The third-order valence-corrected chi connectivity index (χ3v) is 5.82. The number of carbonyl (C=O) groups is 2. The third-order valence-electron chi connectivity index (χ3n) is 5.10. The van der Waals surface area contributed by atoms with E-state index in [1.54, 1.807) is 0 Å². The molecule has 1 N–H and O–H groups in total. The summed E-state index contributed by atoms with van der Waals surface area (Å²) in [6.07, 6.45) is -0.0385. The van der Waals surface area contributed by atoms with Gasteiger partial charge in [0.05, 0.1) is 6.54 Å². The Morgan fingerprint density at radius 1 is 0.933 bits per heavy atom. The van der Waals surface area contributed by atoms with Crippen molar-refractivity contribution >= 4 is 40.3 Å². The molecule has 1 heterocycles. The number of rotatable bonds is 4. The smallest absolute Gasteiger partial charge is 0.411 e. The van der Waals surface area contributed by atoms with Crippen LogP contribution in [0.1, 0.15) is 16.7 Å². The highest BCUT2D eigenvalue weighted by atomic mass is 127. The number of hydrogen-bond acceptors (Lipinski definition) is 3. The highest BCUT2D eigenvalue weighted by Gasteiger charge is 2.35. The van der Waals surface area contributed by atoms with Crippen LogP contribution in [0.2, 0.25) is 0 Å². The maximum atomic E-state index is 13.1. The second-order valence-electron chi connectivity index (χ2n) is 7.15. The zero-order valence-electron chi connectivity index (χ0n) is 16.3. The lowest BCUT2D eigenvalue weighted by atomic mass is 9.94. The molecular weight excluding hydrogens is 491 g/mol. The van der Waals surface area contributed by atoms with E-state index in [0.717, 1.165) is 20.3 Å². The van der Waals surface area contributed by atoms with Gasteiger partial charge in [-0.15, -0.1) is 0 Å². The van der Waals surface area contributed by atoms with Crippen molar-refractivity contribution in [1.29, 1.82) is 0 Å². The van der Waals surface area contributed by atoms with Crippen molar-refractivity contribution < 1.29 is 14.3 Å². The van der Waals surface area contributed by atoms with Gasteiger partial charge < -0.3 is 10.1 Å². The van der Waals surface area contributed by atoms with Crippen LogP contribution in [0.25, 0.3) is 0 Å². The van der Waals surface area contributed by atoms with Gasteiger partial charge in [-0.25, -0.2) is 4.79 Å². The molecule has 4 rings (SSSR count). The zero-order valence-corrected chi connectivity index (χ0v) is 18.4. The Morgan fingerprint density at radius 3 is 2.33 bits per heavy atom. The van der Waals surface area contributed by atoms with E-state index in [-0.39, 0.29) is 12.5 Å².